The third kappa shape index (κ3) is 4.33. The summed E-state index contributed by atoms with van der Waals surface area (Å²) in [6, 6.07) is 11.9. The molecule has 1 amide bonds. The number of rotatable bonds is 6. The molecule has 0 bridgehead atoms. The van der Waals surface area contributed by atoms with E-state index in [1.807, 2.05) is 0 Å². The average molecular weight is 441 g/mol. The molecule has 0 spiro atoms. The number of fused-ring (bicyclic) bond motifs is 1. The van der Waals surface area contributed by atoms with Crippen LogP contribution in [0.2, 0.25) is 0 Å². The smallest absolute Gasteiger partial charge is 0.263 e. The summed E-state index contributed by atoms with van der Waals surface area (Å²) in [5.74, 6) is 0.0391. The van der Waals surface area contributed by atoms with E-state index in [1.165, 1.54) is 18.2 Å². The zero-order valence-electron chi connectivity index (χ0n) is 16.6. The van der Waals surface area contributed by atoms with E-state index in [9.17, 15) is 17.6 Å². The number of carbonyl (C=O) groups is 1. The summed E-state index contributed by atoms with van der Waals surface area (Å²) in [5.41, 5.74) is 1.04. The van der Waals surface area contributed by atoms with Gasteiger partial charge in [-0.15, -0.1) is 0 Å². The van der Waals surface area contributed by atoms with E-state index in [0.29, 0.717) is 17.0 Å². The first-order valence-electron chi connectivity index (χ1n) is 9.54. The molecule has 1 aromatic heterocycles. The first-order valence-corrected chi connectivity index (χ1v) is 11.0. The fourth-order valence-corrected chi connectivity index (χ4v) is 4.64. The third-order valence-electron chi connectivity index (χ3n) is 4.88. The van der Waals surface area contributed by atoms with Crippen LogP contribution in [0.15, 0.2) is 70.8 Å². The number of benzene rings is 2. The van der Waals surface area contributed by atoms with Gasteiger partial charge in [0.2, 0.25) is 5.91 Å². The van der Waals surface area contributed by atoms with Gasteiger partial charge in [0.05, 0.1) is 11.4 Å². The van der Waals surface area contributed by atoms with Gasteiger partial charge in [0.15, 0.2) is 0 Å². The first kappa shape index (κ1) is 20.7. The monoisotopic (exact) mass is 441 g/mol. The molecule has 8 nitrogen and oxygen atoms in total. The van der Waals surface area contributed by atoms with E-state index in [1.54, 1.807) is 54.3 Å². The van der Waals surface area contributed by atoms with Crippen molar-refractivity contribution in [3.8, 4) is 0 Å². The zero-order valence-corrected chi connectivity index (χ0v) is 17.4. The van der Waals surface area contributed by atoms with Crippen LogP contribution in [0.25, 0.3) is 0 Å². The van der Waals surface area contributed by atoms with Crippen LogP contribution in [-0.4, -0.2) is 36.3 Å². The van der Waals surface area contributed by atoms with Crippen molar-refractivity contribution < 1.29 is 17.6 Å². The number of aliphatic imine (C=N–C) groups is 1. The summed E-state index contributed by atoms with van der Waals surface area (Å²) < 4.78 is 42.2. The molecular formula is C21H20FN5O3S. The molecule has 0 radical (unpaired) electrons. The molecule has 1 aliphatic rings. The van der Waals surface area contributed by atoms with Gasteiger partial charge in [-0.3, -0.25) is 14.5 Å². The number of aromatic nitrogens is 2. The van der Waals surface area contributed by atoms with Crippen LogP contribution >= 0.6 is 0 Å². The second-order valence-electron chi connectivity index (χ2n) is 7.03. The summed E-state index contributed by atoms with van der Waals surface area (Å²) >= 11 is 0. The summed E-state index contributed by atoms with van der Waals surface area (Å²) in [5, 5.41) is 2.87. The Hall–Kier alpha value is -3.53. The number of aryl methyl sites for hydroxylation is 1. The van der Waals surface area contributed by atoms with Crippen LogP contribution in [0.3, 0.4) is 0 Å². The molecule has 2 aromatic carbocycles. The molecule has 3 aromatic rings. The molecule has 4 rings (SSSR count). The zero-order chi connectivity index (χ0) is 22.0. The number of amidine groups is 1. The Morgan fingerprint density at radius 3 is 2.81 bits per heavy atom. The predicted molar refractivity (Wildman–Crippen MR) is 112 cm³/mol. The lowest BCUT2D eigenvalue weighted by atomic mass is 10.1. The SMILES string of the molecule is Cn1ccnc1C(NC(=O)CCN=C1NS(=O)(=O)c2ccccc21)c1cccc(F)c1. The van der Waals surface area contributed by atoms with Crippen molar-refractivity contribution in [3.05, 3.63) is 83.7 Å². The number of nitrogens with one attached hydrogen (secondary N) is 2. The number of sulfonamides is 1. The lowest BCUT2D eigenvalue weighted by Gasteiger charge is -2.19. The summed E-state index contributed by atoms with van der Waals surface area (Å²) in [6.45, 7) is 0.0778. The minimum absolute atomic E-state index is 0.0175. The van der Waals surface area contributed by atoms with Gasteiger partial charge < -0.3 is 9.88 Å². The van der Waals surface area contributed by atoms with Crippen LogP contribution in [0, 0.1) is 5.82 Å². The average Bonchev–Trinajstić information content (AvgIpc) is 3.27. The second-order valence-corrected chi connectivity index (χ2v) is 8.68. The van der Waals surface area contributed by atoms with Gasteiger partial charge in [0, 0.05) is 31.4 Å². The molecule has 2 N–H and O–H groups in total. The van der Waals surface area contributed by atoms with E-state index in [-0.39, 0.29) is 29.6 Å². The van der Waals surface area contributed by atoms with E-state index < -0.39 is 21.9 Å². The number of amides is 1. The van der Waals surface area contributed by atoms with Crippen molar-refractivity contribution in [3.63, 3.8) is 0 Å². The lowest BCUT2D eigenvalue weighted by Crippen LogP contribution is -2.31. The largest absolute Gasteiger partial charge is 0.342 e. The number of hydrogen-bond donors (Lipinski definition) is 2. The molecule has 1 atom stereocenters. The van der Waals surface area contributed by atoms with E-state index in [2.05, 4.69) is 20.0 Å². The van der Waals surface area contributed by atoms with Crippen LogP contribution in [0.4, 0.5) is 4.39 Å². The molecule has 0 saturated carbocycles. The molecule has 0 aliphatic carbocycles. The van der Waals surface area contributed by atoms with Crippen LogP contribution in [-0.2, 0) is 21.9 Å². The summed E-state index contributed by atoms with van der Waals surface area (Å²) in [6.07, 6.45) is 3.36. The minimum Gasteiger partial charge on any atom is -0.342 e. The highest BCUT2D eigenvalue weighted by molar-refractivity contribution is 7.90. The van der Waals surface area contributed by atoms with Crippen molar-refractivity contribution in [1.29, 1.82) is 0 Å². The van der Waals surface area contributed by atoms with Crippen LogP contribution in [0.1, 0.15) is 29.4 Å². The molecule has 10 heteroatoms. The molecule has 1 aliphatic heterocycles. The Morgan fingerprint density at radius 2 is 2.06 bits per heavy atom. The third-order valence-corrected chi connectivity index (χ3v) is 6.27. The second kappa shape index (κ2) is 8.31. The predicted octanol–water partition coefficient (Wildman–Crippen LogP) is 1.89. The molecule has 0 saturated heterocycles. The Labute approximate surface area is 178 Å². The quantitative estimate of drug-likeness (QED) is 0.609. The van der Waals surface area contributed by atoms with Gasteiger partial charge >= 0.3 is 0 Å². The Bertz CT molecular complexity index is 1270. The van der Waals surface area contributed by atoms with Crippen molar-refractivity contribution in [2.24, 2.45) is 12.0 Å². The number of hydrogen-bond acceptors (Lipinski definition) is 5. The highest BCUT2D eigenvalue weighted by atomic mass is 32.2. The van der Waals surface area contributed by atoms with Crippen molar-refractivity contribution in [1.82, 2.24) is 19.6 Å². The fraction of sp³-hybridized carbons (Fsp3) is 0.190. The number of carbonyl (C=O) groups excluding carboxylic acids is 1. The summed E-state index contributed by atoms with van der Waals surface area (Å²) in [4.78, 5) is 21.3. The van der Waals surface area contributed by atoms with Gasteiger partial charge in [0.1, 0.15) is 23.5 Å². The normalized spacial score (nSPS) is 16.5. The lowest BCUT2D eigenvalue weighted by molar-refractivity contribution is -0.121. The maximum absolute atomic E-state index is 13.8. The van der Waals surface area contributed by atoms with Crippen molar-refractivity contribution >= 4 is 21.8 Å². The van der Waals surface area contributed by atoms with E-state index in [4.69, 9.17) is 0 Å². The van der Waals surface area contributed by atoms with Crippen LogP contribution in [0.5, 0.6) is 0 Å². The minimum atomic E-state index is -3.63. The first-order chi connectivity index (χ1) is 14.8. The Kier molecular flexibility index (Phi) is 5.55. The molecular weight excluding hydrogens is 421 g/mol. The molecule has 160 valence electrons. The highest BCUT2D eigenvalue weighted by Gasteiger charge is 2.30. The van der Waals surface area contributed by atoms with E-state index in [0.717, 1.165) is 0 Å². The Morgan fingerprint density at radius 1 is 1.26 bits per heavy atom. The van der Waals surface area contributed by atoms with Gasteiger partial charge in [-0.25, -0.2) is 17.8 Å². The van der Waals surface area contributed by atoms with Crippen molar-refractivity contribution in [2.45, 2.75) is 17.4 Å². The van der Waals surface area contributed by atoms with Gasteiger partial charge in [-0.2, -0.15) is 0 Å². The maximum atomic E-state index is 13.8. The topological polar surface area (TPSA) is 105 Å². The van der Waals surface area contributed by atoms with Gasteiger partial charge in [-0.1, -0.05) is 24.3 Å². The van der Waals surface area contributed by atoms with E-state index >= 15 is 0 Å². The number of halogens is 1. The Balaban J connectivity index is 1.48. The van der Waals surface area contributed by atoms with Gasteiger partial charge in [0.25, 0.3) is 10.0 Å². The molecule has 2 heterocycles. The number of imidazole rings is 1. The standard InChI is InChI=1S/C21H20FN5O3S/c1-27-12-11-24-21(27)19(14-5-4-6-15(22)13-14)25-18(28)9-10-23-20-16-7-2-3-8-17(16)31(29,30)26-20/h2-8,11-13,19H,9-10H2,1H3,(H,23,26)(H,25,28). The molecule has 31 heavy (non-hydrogen) atoms. The fourth-order valence-electron chi connectivity index (χ4n) is 3.39. The van der Waals surface area contributed by atoms with Gasteiger partial charge in [-0.05, 0) is 29.8 Å². The molecule has 0 fully saturated rings. The van der Waals surface area contributed by atoms with Crippen molar-refractivity contribution in [2.75, 3.05) is 6.54 Å². The molecule has 1 unspecified atom stereocenters. The number of nitrogens with zero attached hydrogens (tertiary/aromatic N) is 3. The highest BCUT2D eigenvalue weighted by Crippen LogP contribution is 2.23. The summed E-state index contributed by atoms with van der Waals surface area (Å²) in [7, 11) is -1.84. The van der Waals surface area contributed by atoms with Crippen LogP contribution < -0.4 is 10.0 Å². The maximum Gasteiger partial charge on any atom is 0.263 e.